The van der Waals surface area contributed by atoms with Gasteiger partial charge in [0, 0.05) is 31.2 Å². The van der Waals surface area contributed by atoms with Crippen LogP contribution < -0.4 is 5.73 Å². The number of hydrogen-bond acceptors (Lipinski definition) is 3. The Morgan fingerprint density at radius 3 is 3.00 bits per heavy atom. The molecule has 1 aliphatic heterocycles. The molecule has 1 atom stereocenters. The summed E-state index contributed by atoms with van der Waals surface area (Å²) in [5.41, 5.74) is 7.83. The van der Waals surface area contributed by atoms with Crippen LogP contribution in [0.3, 0.4) is 0 Å². The summed E-state index contributed by atoms with van der Waals surface area (Å²) in [6.45, 7) is 7.26. The third-order valence-corrected chi connectivity index (χ3v) is 3.83. The van der Waals surface area contributed by atoms with Gasteiger partial charge in [-0.05, 0) is 44.6 Å². The molecule has 0 aliphatic carbocycles. The number of rotatable bonds is 2. The van der Waals surface area contributed by atoms with Gasteiger partial charge >= 0.3 is 0 Å². The van der Waals surface area contributed by atoms with Gasteiger partial charge in [-0.25, -0.2) is 0 Å². The molecule has 3 heteroatoms. The Balaban J connectivity index is 2.05. The van der Waals surface area contributed by atoms with Crippen LogP contribution in [0.5, 0.6) is 0 Å². The summed E-state index contributed by atoms with van der Waals surface area (Å²) in [4.78, 5) is 4.99. The number of hydrogen-bond donors (Lipinski definition) is 1. The Kier molecular flexibility index (Phi) is 5.60. The lowest BCUT2D eigenvalue weighted by molar-refractivity contribution is 0.194. The molecule has 20 heavy (non-hydrogen) atoms. The van der Waals surface area contributed by atoms with Crippen LogP contribution in [0.4, 0.5) is 0 Å². The average molecular weight is 271 g/mol. The Morgan fingerprint density at radius 1 is 1.35 bits per heavy atom. The molecule has 0 spiro atoms. The monoisotopic (exact) mass is 271 g/mol. The van der Waals surface area contributed by atoms with Crippen molar-refractivity contribution in [3.8, 4) is 11.8 Å². The minimum absolute atomic E-state index is 0.416. The number of benzene rings is 1. The highest BCUT2D eigenvalue weighted by molar-refractivity contribution is 5.37. The summed E-state index contributed by atoms with van der Waals surface area (Å²) >= 11 is 0. The van der Waals surface area contributed by atoms with Gasteiger partial charge in [0.05, 0.1) is 6.54 Å². The fourth-order valence-electron chi connectivity index (χ4n) is 2.79. The normalized spacial score (nSPS) is 21.1. The summed E-state index contributed by atoms with van der Waals surface area (Å²) in [5.74, 6) is 6.03. The van der Waals surface area contributed by atoms with E-state index in [1.54, 1.807) is 0 Å². The molecule has 108 valence electrons. The fourth-order valence-corrected chi connectivity index (χ4v) is 2.79. The van der Waals surface area contributed by atoms with Gasteiger partial charge in [-0.2, -0.15) is 0 Å². The zero-order valence-electron chi connectivity index (χ0n) is 12.6. The van der Waals surface area contributed by atoms with Crippen molar-refractivity contribution < 1.29 is 0 Å². The molecule has 0 amide bonds. The van der Waals surface area contributed by atoms with E-state index in [2.05, 4.69) is 53.8 Å². The predicted molar refractivity (Wildman–Crippen MR) is 84.4 cm³/mol. The summed E-state index contributed by atoms with van der Waals surface area (Å²) in [6.07, 6.45) is 1.24. The first-order valence-corrected chi connectivity index (χ1v) is 7.39. The second-order valence-electron chi connectivity index (χ2n) is 5.64. The first-order valence-electron chi connectivity index (χ1n) is 7.39. The summed E-state index contributed by atoms with van der Waals surface area (Å²) in [7, 11) is 2.21. The molecule has 0 bridgehead atoms. The van der Waals surface area contributed by atoms with Gasteiger partial charge in [-0.1, -0.05) is 24.0 Å². The van der Waals surface area contributed by atoms with Gasteiger partial charge in [0.15, 0.2) is 0 Å². The van der Waals surface area contributed by atoms with Crippen molar-refractivity contribution in [2.45, 2.75) is 25.9 Å². The molecule has 0 aromatic heterocycles. The SMILES string of the molecule is CC1CN(C)CCCN1Cc1cccc(C#CCN)c1. The van der Waals surface area contributed by atoms with Crippen LogP contribution >= 0.6 is 0 Å². The van der Waals surface area contributed by atoms with Crippen LogP contribution in [-0.4, -0.2) is 49.1 Å². The van der Waals surface area contributed by atoms with Gasteiger partial charge in [-0.3, -0.25) is 4.90 Å². The Labute approximate surface area is 122 Å². The van der Waals surface area contributed by atoms with Gasteiger partial charge in [0.1, 0.15) is 0 Å². The van der Waals surface area contributed by atoms with Gasteiger partial charge in [0.25, 0.3) is 0 Å². The molecule has 1 heterocycles. The maximum atomic E-state index is 5.43. The lowest BCUT2D eigenvalue weighted by Crippen LogP contribution is -2.37. The minimum atomic E-state index is 0.416. The second-order valence-corrected chi connectivity index (χ2v) is 5.64. The van der Waals surface area contributed by atoms with Crippen molar-refractivity contribution in [3.63, 3.8) is 0 Å². The van der Waals surface area contributed by atoms with E-state index in [1.165, 1.54) is 25.1 Å². The first kappa shape index (κ1) is 15.1. The molecule has 1 saturated heterocycles. The van der Waals surface area contributed by atoms with Crippen LogP contribution in [0.2, 0.25) is 0 Å². The maximum Gasteiger partial charge on any atom is 0.0555 e. The summed E-state index contributed by atoms with van der Waals surface area (Å²) in [5, 5.41) is 0. The zero-order valence-corrected chi connectivity index (χ0v) is 12.6. The van der Waals surface area contributed by atoms with E-state index in [1.807, 2.05) is 6.07 Å². The number of likely N-dealkylation sites (N-methyl/N-ethyl adjacent to an activating group) is 1. The molecule has 0 radical (unpaired) electrons. The van der Waals surface area contributed by atoms with Gasteiger partial charge in [0.2, 0.25) is 0 Å². The molecule has 2 N–H and O–H groups in total. The molecule has 1 unspecified atom stereocenters. The van der Waals surface area contributed by atoms with Crippen LogP contribution in [0.15, 0.2) is 24.3 Å². The largest absolute Gasteiger partial charge is 0.320 e. The average Bonchev–Trinajstić information content (AvgIpc) is 2.59. The molecule has 2 rings (SSSR count). The number of nitrogens with zero attached hydrogens (tertiary/aromatic N) is 2. The van der Waals surface area contributed by atoms with Gasteiger partial charge in [-0.15, -0.1) is 0 Å². The van der Waals surface area contributed by atoms with E-state index in [-0.39, 0.29) is 0 Å². The third kappa shape index (κ3) is 4.35. The second kappa shape index (κ2) is 7.44. The first-order chi connectivity index (χ1) is 9.69. The van der Waals surface area contributed by atoms with Gasteiger partial charge < -0.3 is 10.6 Å². The van der Waals surface area contributed by atoms with E-state index < -0.39 is 0 Å². The molecule has 1 aliphatic rings. The van der Waals surface area contributed by atoms with Crippen LogP contribution in [0.1, 0.15) is 24.5 Å². The smallest absolute Gasteiger partial charge is 0.0555 e. The molecule has 1 aromatic rings. The Morgan fingerprint density at radius 2 is 2.20 bits per heavy atom. The van der Waals surface area contributed by atoms with Crippen molar-refractivity contribution in [1.29, 1.82) is 0 Å². The molecular weight excluding hydrogens is 246 g/mol. The van der Waals surface area contributed by atoms with Crippen molar-refractivity contribution in [3.05, 3.63) is 35.4 Å². The van der Waals surface area contributed by atoms with Crippen LogP contribution in [0.25, 0.3) is 0 Å². The molecule has 3 nitrogen and oxygen atoms in total. The lowest BCUT2D eigenvalue weighted by Gasteiger charge is -2.27. The molecule has 1 fully saturated rings. The molecule has 0 saturated carbocycles. The standard InChI is InChI=1S/C17H25N3/c1-15-13-19(2)10-5-11-20(15)14-17-7-3-6-16(12-17)8-4-9-18/h3,6-7,12,15H,5,9-11,13-14,18H2,1-2H3. The van der Waals surface area contributed by atoms with E-state index in [0.29, 0.717) is 12.6 Å². The van der Waals surface area contributed by atoms with Crippen molar-refractivity contribution in [2.24, 2.45) is 5.73 Å². The maximum absolute atomic E-state index is 5.43. The summed E-state index contributed by atoms with van der Waals surface area (Å²) in [6, 6.07) is 9.11. The predicted octanol–water partition coefficient (Wildman–Crippen LogP) is 1.52. The zero-order chi connectivity index (χ0) is 14.4. The quantitative estimate of drug-likeness (QED) is 0.828. The van der Waals surface area contributed by atoms with E-state index in [9.17, 15) is 0 Å². The van der Waals surface area contributed by atoms with E-state index >= 15 is 0 Å². The minimum Gasteiger partial charge on any atom is -0.320 e. The van der Waals surface area contributed by atoms with Crippen LogP contribution in [0, 0.1) is 11.8 Å². The Hall–Kier alpha value is -1.34. The Bertz CT molecular complexity index is 486. The topological polar surface area (TPSA) is 32.5 Å². The van der Waals surface area contributed by atoms with Crippen molar-refractivity contribution in [1.82, 2.24) is 9.80 Å². The fraction of sp³-hybridized carbons (Fsp3) is 0.529. The lowest BCUT2D eigenvalue weighted by atomic mass is 10.1. The summed E-state index contributed by atoms with van der Waals surface area (Å²) < 4.78 is 0. The third-order valence-electron chi connectivity index (χ3n) is 3.83. The highest BCUT2D eigenvalue weighted by Gasteiger charge is 2.19. The molecular formula is C17H25N3. The van der Waals surface area contributed by atoms with Crippen molar-refractivity contribution >= 4 is 0 Å². The van der Waals surface area contributed by atoms with Crippen LogP contribution in [-0.2, 0) is 6.54 Å². The molecule has 1 aromatic carbocycles. The highest BCUT2D eigenvalue weighted by atomic mass is 15.2. The van der Waals surface area contributed by atoms with Crippen molar-refractivity contribution in [2.75, 3.05) is 33.2 Å². The van der Waals surface area contributed by atoms with E-state index in [4.69, 9.17) is 5.73 Å². The number of nitrogens with two attached hydrogens (primary N) is 1. The van der Waals surface area contributed by atoms with E-state index in [0.717, 1.165) is 18.7 Å². The highest BCUT2D eigenvalue weighted by Crippen LogP contribution is 2.14.